The Morgan fingerprint density at radius 3 is 2.63 bits per heavy atom. The molecule has 1 unspecified atom stereocenters. The summed E-state index contributed by atoms with van der Waals surface area (Å²) in [6.07, 6.45) is 1.99. The highest BCUT2D eigenvalue weighted by molar-refractivity contribution is 9.10. The van der Waals surface area contributed by atoms with Gasteiger partial charge in [-0.25, -0.2) is 4.39 Å². The van der Waals surface area contributed by atoms with Gasteiger partial charge in [-0.2, -0.15) is 0 Å². The number of nitrogens with one attached hydrogen (secondary N) is 1. The molecule has 2 rings (SSSR count). The van der Waals surface area contributed by atoms with Crippen molar-refractivity contribution in [1.29, 1.82) is 0 Å². The van der Waals surface area contributed by atoms with E-state index in [1.54, 1.807) is 11.3 Å². The lowest BCUT2D eigenvalue weighted by atomic mass is 10.0. The van der Waals surface area contributed by atoms with Crippen LogP contribution in [0.3, 0.4) is 0 Å². The molecular formula is C15H17BrFNS. The highest BCUT2D eigenvalue weighted by Crippen LogP contribution is 2.28. The van der Waals surface area contributed by atoms with Gasteiger partial charge in [0.1, 0.15) is 5.82 Å². The third-order valence-electron chi connectivity index (χ3n) is 2.93. The number of hydrogen-bond acceptors (Lipinski definition) is 2. The molecule has 1 atom stereocenters. The van der Waals surface area contributed by atoms with E-state index in [9.17, 15) is 4.39 Å². The third kappa shape index (κ3) is 4.41. The van der Waals surface area contributed by atoms with Crippen molar-refractivity contribution in [3.63, 3.8) is 0 Å². The van der Waals surface area contributed by atoms with Gasteiger partial charge in [-0.3, -0.25) is 0 Å². The molecule has 0 radical (unpaired) electrons. The predicted molar refractivity (Wildman–Crippen MR) is 83.2 cm³/mol. The van der Waals surface area contributed by atoms with Gasteiger partial charge in [-0.1, -0.05) is 19.1 Å². The van der Waals surface area contributed by atoms with E-state index in [2.05, 4.69) is 39.6 Å². The monoisotopic (exact) mass is 341 g/mol. The zero-order chi connectivity index (χ0) is 13.7. The van der Waals surface area contributed by atoms with E-state index >= 15 is 0 Å². The van der Waals surface area contributed by atoms with E-state index < -0.39 is 0 Å². The topological polar surface area (TPSA) is 12.0 Å². The average molecular weight is 342 g/mol. The molecule has 0 amide bonds. The Hall–Kier alpha value is -0.710. The second kappa shape index (κ2) is 7.17. The molecule has 1 aromatic carbocycles. The first-order chi connectivity index (χ1) is 9.19. The Balaban J connectivity index is 2.11. The molecule has 0 saturated heterocycles. The van der Waals surface area contributed by atoms with E-state index in [-0.39, 0.29) is 5.82 Å². The van der Waals surface area contributed by atoms with Crippen molar-refractivity contribution in [2.75, 3.05) is 6.54 Å². The Morgan fingerprint density at radius 1 is 1.32 bits per heavy atom. The van der Waals surface area contributed by atoms with Crippen molar-refractivity contribution in [3.05, 3.63) is 56.4 Å². The van der Waals surface area contributed by atoms with Crippen molar-refractivity contribution < 1.29 is 4.39 Å². The molecule has 1 aromatic heterocycles. The minimum Gasteiger partial charge on any atom is -0.309 e. The lowest BCUT2D eigenvalue weighted by Gasteiger charge is -2.17. The first-order valence-corrected chi connectivity index (χ1v) is 8.08. The van der Waals surface area contributed by atoms with Gasteiger partial charge in [0, 0.05) is 20.8 Å². The molecular weight excluding hydrogens is 325 g/mol. The summed E-state index contributed by atoms with van der Waals surface area (Å²) in [6.45, 7) is 3.15. The Bertz CT molecular complexity index is 509. The fourth-order valence-corrected chi connectivity index (χ4v) is 3.48. The highest BCUT2D eigenvalue weighted by atomic mass is 79.9. The second-order valence-electron chi connectivity index (χ2n) is 4.50. The summed E-state index contributed by atoms with van der Waals surface area (Å²) in [6, 6.07) is 9.22. The maximum atomic E-state index is 12.9. The van der Waals surface area contributed by atoms with Crippen molar-refractivity contribution in [1.82, 2.24) is 5.32 Å². The van der Waals surface area contributed by atoms with Crippen molar-refractivity contribution in [2.45, 2.75) is 25.8 Å². The number of rotatable bonds is 6. The first-order valence-electron chi connectivity index (χ1n) is 6.40. The molecule has 1 N–H and O–H groups in total. The van der Waals surface area contributed by atoms with Crippen molar-refractivity contribution in [3.8, 4) is 0 Å². The van der Waals surface area contributed by atoms with Crippen molar-refractivity contribution >= 4 is 27.3 Å². The van der Waals surface area contributed by atoms with Gasteiger partial charge in [-0.05, 0) is 59.1 Å². The van der Waals surface area contributed by atoms with Crippen LogP contribution in [0.25, 0.3) is 0 Å². The highest BCUT2D eigenvalue weighted by Gasteiger charge is 2.13. The maximum absolute atomic E-state index is 12.9. The number of thiophene rings is 1. The van der Waals surface area contributed by atoms with Crippen molar-refractivity contribution in [2.24, 2.45) is 0 Å². The van der Waals surface area contributed by atoms with Gasteiger partial charge in [0.2, 0.25) is 0 Å². The fraction of sp³-hybridized carbons (Fsp3) is 0.333. The quantitative estimate of drug-likeness (QED) is 0.785. The van der Waals surface area contributed by atoms with Crippen LogP contribution in [-0.2, 0) is 6.42 Å². The normalized spacial score (nSPS) is 12.6. The van der Waals surface area contributed by atoms with Crippen LogP contribution in [0.4, 0.5) is 4.39 Å². The van der Waals surface area contributed by atoms with E-state index in [1.807, 2.05) is 12.1 Å². The molecule has 1 heterocycles. The molecule has 0 aliphatic rings. The molecule has 0 fully saturated rings. The molecule has 19 heavy (non-hydrogen) atoms. The van der Waals surface area contributed by atoms with Crippen LogP contribution in [0.2, 0.25) is 0 Å². The summed E-state index contributed by atoms with van der Waals surface area (Å²) in [5.74, 6) is -0.180. The lowest BCUT2D eigenvalue weighted by Crippen LogP contribution is -2.23. The Morgan fingerprint density at radius 2 is 2.05 bits per heavy atom. The molecule has 102 valence electrons. The second-order valence-corrected chi connectivity index (χ2v) is 6.36. The summed E-state index contributed by atoms with van der Waals surface area (Å²) in [4.78, 5) is 1.31. The lowest BCUT2D eigenvalue weighted by molar-refractivity contribution is 0.535. The SMILES string of the molecule is CCCNC(Cc1ccc(F)cc1)c1cc(Br)cs1. The van der Waals surface area contributed by atoms with Gasteiger partial charge < -0.3 is 5.32 Å². The molecule has 0 saturated carbocycles. The molecule has 1 nitrogen and oxygen atoms in total. The number of halogens is 2. The molecule has 4 heteroatoms. The van der Waals surface area contributed by atoms with Crippen LogP contribution in [-0.4, -0.2) is 6.54 Å². The molecule has 0 aliphatic heterocycles. The predicted octanol–water partition coefficient (Wildman–Crippen LogP) is 4.93. The van der Waals surface area contributed by atoms with E-state index in [4.69, 9.17) is 0 Å². The Kier molecular flexibility index (Phi) is 5.55. The largest absolute Gasteiger partial charge is 0.309 e. The average Bonchev–Trinajstić information content (AvgIpc) is 2.83. The van der Waals surface area contributed by atoms with Crippen LogP contribution in [0.15, 0.2) is 40.2 Å². The summed E-state index contributed by atoms with van der Waals surface area (Å²) >= 11 is 5.24. The summed E-state index contributed by atoms with van der Waals surface area (Å²) in [7, 11) is 0. The van der Waals surface area contributed by atoms with E-state index in [0.29, 0.717) is 6.04 Å². The first kappa shape index (κ1) is 14.7. The van der Waals surface area contributed by atoms with Crippen LogP contribution in [0.1, 0.15) is 29.8 Å². The smallest absolute Gasteiger partial charge is 0.123 e. The molecule has 0 spiro atoms. The minimum absolute atomic E-state index is 0.180. The van der Waals surface area contributed by atoms with Gasteiger partial charge in [0.15, 0.2) is 0 Å². The van der Waals surface area contributed by atoms with Gasteiger partial charge >= 0.3 is 0 Å². The standard InChI is InChI=1S/C15H17BrFNS/c1-2-7-18-14(15-9-12(16)10-19-15)8-11-3-5-13(17)6-4-11/h3-6,9-10,14,18H,2,7-8H2,1H3. The van der Waals surface area contributed by atoms with Gasteiger partial charge in [-0.15, -0.1) is 11.3 Å². The van der Waals surface area contributed by atoms with Crippen LogP contribution in [0.5, 0.6) is 0 Å². The van der Waals surface area contributed by atoms with Crippen LogP contribution >= 0.6 is 27.3 Å². The number of hydrogen-bond donors (Lipinski definition) is 1. The van der Waals surface area contributed by atoms with Crippen LogP contribution < -0.4 is 5.32 Å². The molecule has 0 bridgehead atoms. The molecule has 0 aliphatic carbocycles. The van der Waals surface area contributed by atoms with E-state index in [0.717, 1.165) is 29.4 Å². The van der Waals surface area contributed by atoms with Crippen LogP contribution in [0, 0.1) is 5.82 Å². The summed E-state index contributed by atoms with van der Waals surface area (Å²) < 4.78 is 14.1. The summed E-state index contributed by atoms with van der Waals surface area (Å²) in [5.41, 5.74) is 1.15. The third-order valence-corrected chi connectivity index (χ3v) is 4.73. The van der Waals surface area contributed by atoms with Gasteiger partial charge in [0.05, 0.1) is 0 Å². The van der Waals surface area contributed by atoms with Gasteiger partial charge in [0.25, 0.3) is 0 Å². The summed E-state index contributed by atoms with van der Waals surface area (Å²) in [5, 5.41) is 5.66. The zero-order valence-electron chi connectivity index (χ0n) is 10.8. The molecule has 2 aromatic rings. The van der Waals surface area contributed by atoms with E-state index in [1.165, 1.54) is 17.0 Å². The minimum atomic E-state index is -0.180. The Labute approximate surface area is 126 Å². The maximum Gasteiger partial charge on any atom is 0.123 e. The number of benzene rings is 1. The fourth-order valence-electron chi connectivity index (χ4n) is 1.96. The zero-order valence-corrected chi connectivity index (χ0v) is 13.2.